The Hall–Kier alpha value is -2.93. The predicted molar refractivity (Wildman–Crippen MR) is 108 cm³/mol. The molecule has 0 radical (unpaired) electrons. The van der Waals surface area contributed by atoms with Crippen LogP contribution in [-0.4, -0.2) is 69.3 Å². The molecule has 152 valence electrons. The molecule has 1 atom stereocenters. The summed E-state index contributed by atoms with van der Waals surface area (Å²) in [5.41, 5.74) is 1.91. The van der Waals surface area contributed by atoms with Crippen LogP contribution in [0.25, 0.3) is 0 Å². The second kappa shape index (κ2) is 8.61. The highest BCUT2D eigenvalue weighted by molar-refractivity contribution is 5.89. The van der Waals surface area contributed by atoms with E-state index in [0.717, 1.165) is 30.9 Å². The number of phenols is 1. The Morgan fingerprint density at radius 2 is 1.90 bits per heavy atom. The Kier molecular flexibility index (Phi) is 5.76. The van der Waals surface area contributed by atoms with Gasteiger partial charge in [0.1, 0.15) is 5.75 Å². The quantitative estimate of drug-likeness (QED) is 0.831. The van der Waals surface area contributed by atoms with E-state index in [1.54, 1.807) is 23.2 Å². The molecule has 3 heterocycles. The fraction of sp³-hybridized carbons (Fsp3) is 0.409. The first-order valence-electron chi connectivity index (χ1n) is 10.1. The molecule has 1 aromatic carbocycles. The van der Waals surface area contributed by atoms with E-state index in [0.29, 0.717) is 26.2 Å². The van der Waals surface area contributed by atoms with E-state index < -0.39 is 0 Å². The number of hydrogen-bond donors (Lipinski definition) is 1. The molecule has 2 aliphatic heterocycles. The second-order valence-electron chi connectivity index (χ2n) is 7.77. The van der Waals surface area contributed by atoms with Crippen molar-refractivity contribution in [3.63, 3.8) is 0 Å². The lowest BCUT2D eigenvalue weighted by molar-refractivity contribution is -0.137. The van der Waals surface area contributed by atoms with Crippen LogP contribution in [0.1, 0.15) is 17.7 Å². The van der Waals surface area contributed by atoms with Crippen molar-refractivity contribution < 1.29 is 14.7 Å². The first-order valence-corrected chi connectivity index (χ1v) is 10.1. The number of nitrogens with zero attached hydrogens (tertiary/aromatic N) is 4. The van der Waals surface area contributed by atoms with Gasteiger partial charge in [0.2, 0.25) is 11.8 Å². The number of aromatic hydroxyl groups is 1. The van der Waals surface area contributed by atoms with Crippen molar-refractivity contribution in [1.29, 1.82) is 0 Å². The van der Waals surface area contributed by atoms with E-state index in [9.17, 15) is 14.7 Å². The van der Waals surface area contributed by atoms with E-state index in [1.165, 1.54) is 0 Å². The molecule has 2 saturated heterocycles. The minimum atomic E-state index is -0.260. The number of aromatic nitrogens is 1. The van der Waals surface area contributed by atoms with Crippen molar-refractivity contribution >= 4 is 11.8 Å². The van der Waals surface area contributed by atoms with Crippen molar-refractivity contribution in [3.8, 4) is 5.75 Å². The molecule has 29 heavy (non-hydrogen) atoms. The Bertz CT molecular complexity index is 865. The van der Waals surface area contributed by atoms with Crippen LogP contribution in [0.2, 0.25) is 0 Å². The third kappa shape index (κ3) is 4.74. The van der Waals surface area contributed by atoms with E-state index in [2.05, 4.69) is 9.88 Å². The summed E-state index contributed by atoms with van der Waals surface area (Å²) in [5.74, 6) is 0.122. The highest BCUT2D eigenvalue weighted by atomic mass is 16.3. The number of piperazine rings is 1. The summed E-state index contributed by atoms with van der Waals surface area (Å²) in [7, 11) is 0. The smallest absolute Gasteiger partial charge is 0.228 e. The maximum Gasteiger partial charge on any atom is 0.228 e. The maximum absolute atomic E-state index is 12.9. The molecule has 0 saturated carbocycles. The number of carbonyl (C=O) groups excluding carboxylic acids is 2. The molecule has 0 spiro atoms. The molecule has 2 aliphatic rings. The molecule has 0 bridgehead atoms. The summed E-state index contributed by atoms with van der Waals surface area (Å²) in [6, 6.07) is 12.9. The molecule has 2 aromatic rings. The monoisotopic (exact) mass is 394 g/mol. The molecule has 7 nitrogen and oxygen atoms in total. The van der Waals surface area contributed by atoms with Crippen LogP contribution >= 0.6 is 0 Å². The summed E-state index contributed by atoms with van der Waals surface area (Å²) in [5, 5.41) is 9.61. The molecule has 1 unspecified atom stereocenters. The number of benzene rings is 1. The number of rotatable bonds is 5. The molecule has 1 aromatic heterocycles. The van der Waals surface area contributed by atoms with Gasteiger partial charge in [-0.1, -0.05) is 18.2 Å². The molecule has 4 rings (SSSR count). The molecule has 2 fully saturated rings. The van der Waals surface area contributed by atoms with Gasteiger partial charge in [-0.3, -0.25) is 19.5 Å². The van der Waals surface area contributed by atoms with Crippen molar-refractivity contribution in [2.75, 3.05) is 32.7 Å². The number of carbonyl (C=O) groups is 2. The molecule has 2 amide bonds. The van der Waals surface area contributed by atoms with Gasteiger partial charge in [0.05, 0.1) is 18.2 Å². The second-order valence-corrected chi connectivity index (χ2v) is 7.77. The van der Waals surface area contributed by atoms with Gasteiger partial charge < -0.3 is 14.9 Å². The first-order chi connectivity index (χ1) is 14.1. The zero-order valence-electron chi connectivity index (χ0n) is 16.4. The van der Waals surface area contributed by atoms with Gasteiger partial charge in [0.25, 0.3) is 0 Å². The summed E-state index contributed by atoms with van der Waals surface area (Å²) < 4.78 is 0. The van der Waals surface area contributed by atoms with Gasteiger partial charge in [0, 0.05) is 51.9 Å². The summed E-state index contributed by atoms with van der Waals surface area (Å²) >= 11 is 0. The van der Waals surface area contributed by atoms with Gasteiger partial charge in [-0.2, -0.15) is 0 Å². The van der Waals surface area contributed by atoms with Crippen LogP contribution in [0, 0.1) is 5.92 Å². The van der Waals surface area contributed by atoms with Gasteiger partial charge in [0.15, 0.2) is 0 Å². The standard InChI is InChI=1S/C22H26N4O3/c27-20-6-3-4-17(12-20)14-24-8-10-25(11-9-24)22(29)18-13-21(28)26(15-18)16-19-5-1-2-7-23-19/h1-7,12,18,27H,8-11,13-16H2. The Balaban J connectivity index is 1.28. The van der Waals surface area contributed by atoms with Gasteiger partial charge >= 0.3 is 0 Å². The zero-order valence-corrected chi connectivity index (χ0v) is 16.4. The zero-order chi connectivity index (χ0) is 20.2. The SMILES string of the molecule is O=C1CC(C(=O)N2CCN(Cc3cccc(O)c3)CC2)CN1Cc1ccccn1. The summed E-state index contributed by atoms with van der Waals surface area (Å²) in [4.78, 5) is 35.5. The number of pyridine rings is 1. The third-order valence-corrected chi connectivity index (χ3v) is 5.64. The lowest BCUT2D eigenvalue weighted by Crippen LogP contribution is -2.50. The van der Waals surface area contributed by atoms with E-state index in [1.807, 2.05) is 35.2 Å². The average molecular weight is 394 g/mol. The lowest BCUT2D eigenvalue weighted by Gasteiger charge is -2.36. The fourth-order valence-electron chi connectivity index (χ4n) is 4.08. The van der Waals surface area contributed by atoms with E-state index >= 15 is 0 Å². The van der Waals surface area contributed by atoms with Crippen LogP contribution in [0.3, 0.4) is 0 Å². The van der Waals surface area contributed by atoms with E-state index in [4.69, 9.17) is 0 Å². The van der Waals surface area contributed by atoms with Crippen LogP contribution in [0.4, 0.5) is 0 Å². The lowest BCUT2D eigenvalue weighted by atomic mass is 10.1. The largest absolute Gasteiger partial charge is 0.508 e. The average Bonchev–Trinajstić information content (AvgIpc) is 3.09. The number of phenolic OH excluding ortho intramolecular Hbond substituents is 1. The minimum Gasteiger partial charge on any atom is -0.508 e. The maximum atomic E-state index is 12.9. The number of hydrogen-bond acceptors (Lipinski definition) is 5. The molecule has 0 aliphatic carbocycles. The minimum absolute atomic E-state index is 0.0246. The van der Waals surface area contributed by atoms with Crippen molar-refractivity contribution in [1.82, 2.24) is 19.7 Å². The number of likely N-dealkylation sites (tertiary alicyclic amines) is 1. The third-order valence-electron chi connectivity index (χ3n) is 5.64. The van der Waals surface area contributed by atoms with Crippen LogP contribution < -0.4 is 0 Å². The fourth-order valence-corrected chi connectivity index (χ4v) is 4.08. The number of amides is 2. The Labute approximate surface area is 170 Å². The van der Waals surface area contributed by atoms with Gasteiger partial charge in [-0.05, 0) is 29.8 Å². The van der Waals surface area contributed by atoms with Crippen LogP contribution in [0.5, 0.6) is 5.75 Å². The van der Waals surface area contributed by atoms with E-state index in [-0.39, 0.29) is 29.9 Å². The van der Waals surface area contributed by atoms with Crippen molar-refractivity contribution in [2.24, 2.45) is 5.92 Å². The van der Waals surface area contributed by atoms with Gasteiger partial charge in [-0.15, -0.1) is 0 Å². The molecular formula is C22H26N4O3. The highest BCUT2D eigenvalue weighted by Crippen LogP contribution is 2.23. The van der Waals surface area contributed by atoms with Gasteiger partial charge in [-0.25, -0.2) is 0 Å². The summed E-state index contributed by atoms with van der Waals surface area (Å²) in [6.07, 6.45) is 2.00. The molecular weight excluding hydrogens is 368 g/mol. The van der Waals surface area contributed by atoms with Crippen molar-refractivity contribution in [3.05, 3.63) is 59.9 Å². The van der Waals surface area contributed by atoms with Crippen LogP contribution in [0.15, 0.2) is 48.7 Å². The predicted octanol–water partition coefficient (Wildman–Crippen LogP) is 1.48. The van der Waals surface area contributed by atoms with Crippen LogP contribution in [-0.2, 0) is 22.7 Å². The molecule has 7 heteroatoms. The highest BCUT2D eigenvalue weighted by Gasteiger charge is 2.37. The topological polar surface area (TPSA) is 77.0 Å². The summed E-state index contributed by atoms with van der Waals surface area (Å²) in [6.45, 7) is 4.61. The molecule has 1 N–H and O–H groups in total. The normalized spacial score (nSPS) is 20.3. The Morgan fingerprint density at radius 1 is 1.07 bits per heavy atom. The van der Waals surface area contributed by atoms with Crippen molar-refractivity contribution in [2.45, 2.75) is 19.5 Å². The Morgan fingerprint density at radius 3 is 2.62 bits per heavy atom. The first kappa shape index (κ1) is 19.4.